The van der Waals surface area contributed by atoms with Crippen molar-refractivity contribution in [3.63, 3.8) is 0 Å². The highest BCUT2D eigenvalue weighted by molar-refractivity contribution is 5.20. The van der Waals surface area contributed by atoms with Gasteiger partial charge < -0.3 is 10.1 Å². The van der Waals surface area contributed by atoms with Crippen molar-refractivity contribution in [2.45, 2.75) is 51.9 Å². The maximum absolute atomic E-state index is 6.42. The van der Waals surface area contributed by atoms with Crippen LogP contribution in [-0.4, -0.2) is 18.2 Å². The van der Waals surface area contributed by atoms with Gasteiger partial charge in [0.05, 0.1) is 11.7 Å². The smallest absolute Gasteiger partial charge is 0.0983 e. The van der Waals surface area contributed by atoms with Crippen LogP contribution in [0.2, 0.25) is 0 Å². The molecule has 1 aromatic rings. The molecule has 1 heterocycles. The van der Waals surface area contributed by atoms with Crippen molar-refractivity contribution in [2.24, 2.45) is 5.92 Å². The Kier molecular flexibility index (Phi) is 4.08. The molecule has 100 valence electrons. The lowest BCUT2D eigenvalue weighted by atomic mass is 9.90. The Bertz CT molecular complexity index is 376. The van der Waals surface area contributed by atoms with Crippen LogP contribution in [0.15, 0.2) is 30.3 Å². The van der Waals surface area contributed by atoms with Gasteiger partial charge in [0, 0.05) is 12.6 Å². The van der Waals surface area contributed by atoms with Crippen LogP contribution < -0.4 is 5.32 Å². The molecule has 0 spiro atoms. The molecule has 0 radical (unpaired) electrons. The van der Waals surface area contributed by atoms with Crippen molar-refractivity contribution in [3.05, 3.63) is 35.9 Å². The molecule has 0 saturated carbocycles. The molecule has 2 nitrogen and oxygen atoms in total. The number of morpholine rings is 1. The molecule has 1 saturated heterocycles. The van der Waals surface area contributed by atoms with E-state index in [0.29, 0.717) is 12.0 Å². The standard InChI is InChI=1S/C16H25NO/c1-12(2)10-16(4)11-17-13(3)15(18-16)14-8-6-5-7-9-14/h5-9,12-13,15,17H,10-11H2,1-4H3. The summed E-state index contributed by atoms with van der Waals surface area (Å²) in [5, 5.41) is 3.60. The fraction of sp³-hybridized carbons (Fsp3) is 0.625. The Morgan fingerprint density at radius 2 is 2.00 bits per heavy atom. The predicted octanol–water partition coefficient (Wildman–Crippen LogP) is 3.54. The summed E-state index contributed by atoms with van der Waals surface area (Å²) in [4.78, 5) is 0. The highest BCUT2D eigenvalue weighted by Gasteiger charge is 2.37. The third-order valence-corrected chi connectivity index (χ3v) is 3.63. The van der Waals surface area contributed by atoms with Crippen LogP contribution in [0, 0.1) is 5.92 Å². The summed E-state index contributed by atoms with van der Waals surface area (Å²) in [6, 6.07) is 10.9. The quantitative estimate of drug-likeness (QED) is 0.882. The number of ether oxygens (including phenoxy) is 1. The molecule has 18 heavy (non-hydrogen) atoms. The third-order valence-electron chi connectivity index (χ3n) is 3.63. The van der Waals surface area contributed by atoms with E-state index in [4.69, 9.17) is 4.74 Å². The molecule has 1 aliphatic heterocycles. The molecular formula is C16H25NO. The van der Waals surface area contributed by atoms with Gasteiger partial charge in [0.25, 0.3) is 0 Å². The zero-order chi connectivity index (χ0) is 13.2. The minimum Gasteiger partial charge on any atom is -0.364 e. The van der Waals surface area contributed by atoms with Crippen LogP contribution in [0.1, 0.15) is 45.8 Å². The second-order valence-corrected chi connectivity index (χ2v) is 6.17. The minimum atomic E-state index is -0.0544. The number of hydrogen-bond donors (Lipinski definition) is 1. The first kappa shape index (κ1) is 13.6. The lowest BCUT2D eigenvalue weighted by molar-refractivity contribution is -0.133. The topological polar surface area (TPSA) is 21.3 Å². The maximum atomic E-state index is 6.42. The SMILES string of the molecule is CC(C)CC1(C)CNC(C)C(c2ccccc2)O1. The van der Waals surface area contributed by atoms with Gasteiger partial charge in [-0.1, -0.05) is 44.2 Å². The predicted molar refractivity (Wildman–Crippen MR) is 75.6 cm³/mol. The van der Waals surface area contributed by atoms with Gasteiger partial charge in [0.1, 0.15) is 0 Å². The molecule has 1 aliphatic rings. The normalized spacial score (nSPS) is 32.7. The molecule has 2 heteroatoms. The van der Waals surface area contributed by atoms with Crippen LogP contribution >= 0.6 is 0 Å². The van der Waals surface area contributed by atoms with Gasteiger partial charge >= 0.3 is 0 Å². The van der Waals surface area contributed by atoms with Crippen molar-refractivity contribution in [2.75, 3.05) is 6.54 Å². The van der Waals surface area contributed by atoms with Crippen LogP contribution in [0.25, 0.3) is 0 Å². The third kappa shape index (κ3) is 3.12. The number of hydrogen-bond acceptors (Lipinski definition) is 2. The van der Waals surface area contributed by atoms with Gasteiger partial charge in [-0.15, -0.1) is 0 Å². The van der Waals surface area contributed by atoms with E-state index in [9.17, 15) is 0 Å². The lowest BCUT2D eigenvalue weighted by Gasteiger charge is -2.44. The van der Waals surface area contributed by atoms with E-state index in [0.717, 1.165) is 13.0 Å². The van der Waals surface area contributed by atoms with E-state index in [2.05, 4.69) is 63.3 Å². The summed E-state index contributed by atoms with van der Waals surface area (Å²) < 4.78 is 6.42. The second kappa shape index (κ2) is 5.41. The Balaban J connectivity index is 2.15. The van der Waals surface area contributed by atoms with Gasteiger partial charge in [-0.05, 0) is 31.7 Å². The summed E-state index contributed by atoms with van der Waals surface area (Å²) in [5.74, 6) is 0.654. The first-order valence-corrected chi connectivity index (χ1v) is 6.96. The summed E-state index contributed by atoms with van der Waals surface area (Å²) in [7, 11) is 0. The van der Waals surface area contributed by atoms with Crippen LogP contribution in [0.4, 0.5) is 0 Å². The highest BCUT2D eigenvalue weighted by Crippen LogP contribution is 2.34. The minimum absolute atomic E-state index is 0.0544. The van der Waals surface area contributed by atoms with E-state index in [1.54, 1.807) is 0 Å². The first-order chi connectivity index (χ1) is 8.50. The van der Waals surface area contributed by atoms with Crippen molar-refractivity contribution in [1.29, 1.82) is 0 Å². The zero-order valence-electron chi connectivity index (χ0n) is 11.9. The molecule has 1 fully saturated rings. The van der Waals surface area contributed by atoms with E-state index in [1.165, 1.54) is 5.56 Å². The van der Waals surface area contributed by atoms with Crippen molar-refractivity contribution in [1.82, 2.24) is 5.32 Å². The number of rotatable bonds is 3. The summed E-state index contributed by atoms with van der Waals surface area (Å²) in [6.45, 7) is 9.87. The van der Waals surface area contributed by atoms with Crippen LogP contribution in [0.3, 0.4) is 0 Å². The Morgan fingerprint density at radius 1 is 1.33 bits per heavy atom. The van der Waals surface area contributed by atoms with Gasteiger partial charge in [0.2, 0.25) is 0 Å². The average molecular weight is 247 g/mol. The van der Waals surface area contributed by atoms with Gasteiger partial charge in [0.15, 0.2) is 0 Å². The van der Waals surface area contributed by atoms with E-state index < -0.39 is 0 Å². The molecule has 0 bridgehead atoms. The molecule has 0 aliphatic carbocycles. The van der Waals surface area contributed by atoms with Crippen LogP contribution in [-0.2, 0) is 4.74 Å². The Labute approximate surface area is 111 Å². The van der Waals surface area contributed by atoms with Crippen LogP contribution in [0.5, 0.6) is 0 Å². The molecule has 1 N–H and O–H groups in total. The highest BCUT2D eigenvalue weighted by atomic mass is 16.5. The fourth-order valence-electron chi connectivity index (χ4n) is 2.92. The number of benzene rings is 1. The molecular weight excluding hydrogens is 222 g/mol. The molecule has 3 atom stereocenters. The molecule has 0 aromatic heterocycles. The molecule has 3 unspecified atom stereocenters. The summed E-state index contributed by atoms with van der Waals surface area (Å²) >= 11 is 0. The first-order valence-electron chi connectivity index (χ1n) is 6.96. The van der Waals surface area contributed by atoms with Crippen molar-refractivity contribution < 1.29 is 4.74 Å². The maximum Gasteiger partial charge on any atom is 0.0983 e. The largest absolute Gasteiger partial charge is 0.364 e. The van der Waals surface area contributed by atoms with Gasteiger partial charge in [-0.25, -0.2) is 0 Å². The Morgan fingerprint density at radius 3 is 2.61 bits per heavy atom. The van der Waals surface area contributed by atoms with E-state index >= 15 is 0 Å². The van der Waals surface area contributed by atoms with E-state index in [1.807, 2.05) is 0 Å². The Hall–Kier alpha value is -0.860. The monoisotopic (exact) mass is 247 g/mol. The lowest BCUT2D eigenvalue weighted by Crippen LogP contribution is -2.53. The van der Waals surface area contributed by atoms with E-state index in [-0.39, 0.29) is 11.7 Å². The second-order valence-electron chi connectivity index (χ2n) is 6.17. The van der Waals surface area contributed by atoms with Gasteiger partial charge in [-0.3, -0.25) is 0 Å². The summed E-state index contributed by atoms with van der Waals surface area (Å²) in [6.07, 6.45) is 1.25. The molecule has 1 aromatic carbocycles. The number of nitrogens with one attached hydrogen (secondary N) is 1. The van der Waals surface area contributed by atoms with Gasteiger partial charge in [-0.2, -0.15) is 0 Å². The fourth-order valence-corrected chi connectivity index (χ4v) is 2.92. The average Bonchev–Trinajstić information content (AvgIpc) is 2.33. The summed E-state index contributed by atoms with van der Waals surface area (Å²) in [5.41, 5.74) is 1.22. The van der Waals surface area contributed by atoms with Crippen molar-refractivity contribution >= 4 is 0 Å². The zero-order valence-corrected chi connectivity index (χ0v) is 11.9. The molecule has 2 rings (SSSR count). The molecule has 0 amide bonds. The van der Waals surface area contributed by atoms with Crippen molar-refractivity contribution in [3.8, 4) is 0 Å².